The number of nitrogens with zero attached hydrogens (tertiary/aromatic N) is 1. The molecule has 1 rings (SSSR count). The molecule has 3 nitrogen and oxygen atoms in total. The molecule has 2 atom stereocenters. The van der Waals surface area contributed by atoms with Crippen LogP contribution >= 0.6 is 0 Å². The van der Waals surface area contributed by atoms with Gasteiger partial charge in [-0.05, 0) is 25.7 Å². The van der Waals surface area contributed by atoms with Crippen molar-refractivity contribution in [3.05, 3.63) is 0 Å². The molecule has 0 amide bonds. The average Bonchev–Trinajstić information content (AvgIpc) is 2.27. The van der Waals surface area contributed by atoms with Crippen molar-refractivity contribution in [2.45, 2.75) is 52.5 Å². The Bertz CT molecular complexity index is 226. The molecule has 1 fully saturated rings. The van der Waals surface area contributed by atoms with E-state index >= 15 is 0 Å². The predicted octanol–water partition coefficient (Wildman–Crippen LogP) is 2.61. The van der Waals surface area contributed by atoms with Crippen LogP contribution in [0, 0.1) is 11.8 Å². The van der Waals surface area contributed by atoms with Crippen LogP contribution in [-0.2, 0) is 4.79 Å². The molecule has 3 heteroatoms. The molecule has 0 bridgehead atoms. The van der Waals surface area contributed by atoms with E-state index < -0.39 is 5.97 Å². The minimum atomic E-state index is -0.624. The first-order valence-corrected chi connectivity index (χ1v) is 6.55. The van der Waals surface area contributed by atoms with E-state index in [2.05, 4.69) is 25.7 Å². The Kier molecular flexibility index (Phi) is 5.26. The summed E-state index contributed by atoms with van der Waals surface area (Å²) in [5.41, 5.74) is 0. The lowest BCUT2D eigenvalue weighted by Gasteiger charge is -2.38. The zero-order valence-corrected chi connectivity index (χ0v) is 10.8. The number of aliphatic carboxylic acids is 1. The maximum absolute atomic E-state index is 11.0. The second-order valence-electron chi connectivity index (χ2n) is 5.10. The van der Waals surface area contributed by atoms with E-state index in [1.54, 1.807) is 0 Å². The van der Waals surface area contributed by atoms with Crippen LogP contribution in [0.15, 0.2) is 0 Å². The van der Waals surface area contributed by atoms with E-state index in [0.29, 0.717) is 6.04 Å². The smallest absolute Gasteiger partial charge is 0.307 e. The third-order valence-corrected chi connectivity index (χ3v) is 4.01. The summed E-state index contributed by atoms with van der Waals surface area (Å²) in [5.74, 6) is -0.0537. The van der Waals surface area contributed by atoms with Crippen LogP contribution in [0.3, 0.4) is 0 Å². The Labute approximate surface area is 98.8 Å². The van der Waals surface area contributed by atoms with E-state index in [1.807, 2.05) is 0 Å². The standard InChI is InChI=1S/C13H25NO2/c1-4-11(5-2)8-14-9-12(13(15)16)7-6-10(14)3/h10-12H,4-9H2,1-3H3,(H,15,16). The van der Waals surface area contributed by atoms with Gasteiger partial charge in [0, 0.05) is 19.1 Å². The van der Waals surface area contributed by atoms with Crippen LogP contribution in [0.1, 0.15) is 46.5 Å². The van der Waals surface area contributed by atoms with Crippen molar-refractivity contribution in [3.63, 3.8) is 0 Å². The first kappa shape index (κ1) is 13.5. The van der Waals surface area contributed by atoms with Crippen LogP contribution in [0.4, 0.5) is 0 Å². The Morgan fingerprint density at radius 2 is 2.00 bits per heavy atom. The molecule has 1 heterocycles. The van der Waals surface area contributed by atoms with Crippen molar-refractivity contribution in [3.8, 4) is 0 Å². The van der Waals surface area contributed by atoms with Gasteiger partial charge in [0.1, 0.15) is 0 Å². The molecule has 0 aromatic heterocycles. The second-order valence-corrected chi connectivity index (χ2v) is 5.10. The highest BCUT2D eigenvalue weighted by atomic mass is 16.4. The Hall–Kier alpha value is -0.570. The number of likely N-dealkylation sites (tertiary alicyclic amines) is 1. The second kappa shape index (κ2) is 6.24. The molecule has 0 radical (unpaired) electrons. The number of piperidine rings is 1. The van der Waals surface area contributed by atoms with Gasteiger partial charge >= 0.3 is 5.97 Å². The molecule has 1 aliphatic heterocycles. The van der Waals surface area contributed by atoms with Gasteiger partial charge in [-0.15, -0.1) is 0 Å². The molecule has 16 heavy (non-hydrogen) atoms. The van der Waals surface area contributed by atoms with Gasteiger partial charge in [0.05, 0.1) is 5.92 Å². The Morgan fingerprint density at radius 3 is 2.50 bits per heavy atom. The highest BCUT2D eigenvalue weighted by Crippen LogP contribution is 2.24. The average molecular weight is 227 g/mol. The van der Waals surface area contributed by atoms with Crippen LogP contribution in [-0.4, -0.2) is 35.1 Å². The summed E-state index contributed by atoms with van der Waals surface area (Å²) in [6.07, 6.45) is 4.25. The fourth-order valence-corrected chi connectivity index (χ4v) is 2.51. The SMILES string of the molecule is CCC(CC)CN1CC(C(=O)O)CCC1C. The highest BCUT2D eigenvalue weighted by Gasteiger charge is 2.30. The quantitative estimate of drug-likeness (QED) is 0.785. The summed E-state index contributed by atoms with van der Waals surface area (Å²) in [6.45, 7) is 8.47. The minimum Gasteiger partial charge on any atom is -0.481 e. The van der Waals surface area contributed by atoms with E-state index in [-0.39, 0.29) is 5.92 Å². The van der Waals surface area contributed by atoms with Gasteiger partial charge in [-0.25, -0.2) is 0 Å². The van der Waals surface area contributed by atoms with Crippen molar-refractivity contribution >= 4 is 5.97 Å². The first-order chi connectivity index (χ1) is 7.58. The monoisotopic (exact) mass is 227 g/mol. The van der Waals surface area contributed by atoms with Gasteiger partial charge in [0.15, 0.2) is 0 Å². The summed E-state index contributed by atoms with van der Waals surface area (Å²) < 4.78 is 0. The van der Waals surface area contributed by atoms with Crippen molar-refractivity contribution < 1.29 is 9.90 Å². The van der Waals surface area contributed by atoms with Crippen LogP contribution in [0.5, 0.6) is 0 Å². The first-order valence-electron chi connectivity index (χ1n) is 6.55. The maximum Gasteiger partial charge on any atom is 0.307 e. The maximum atomic E-state index is 11.0. The normalized spacial score (nSPS) is 27.2. The molecule has 0 aliphatic carbocycles. The fraction of sp³-hybridized carbons (Fsp3) is 0.923. The third-order valence-electron chi connectivity index (χ3n) is 4.01. The van der Waals surface area contributed by atoms with Crippen molar-refractivity contribution in [1.29, 1.82) is 0 Å². The topological polar surface area (TPSA) is 40.5 Å². The third kappa shape index (κ3) is 3.48. The Balaban J connectivity index is 2.52. The summed E-state index contributed by atoms with van der Waals surface area (Å²) in [6, 6.07) is 0.552. The minimum absolute atomic E-state index is 0.148. The molecule has 1 aliphatic rings. The van der Waals surface area contributed by atoms with Gasteiger partial charge < -0.3 is 5.11 Å². The lowest BCUT2D eigenvalue weighted by molar-refractivity contribution is -0.144. The number of carbonyl (C=O) groups is 1. The largest absolute Gasteiger partial charge is 0.481 e. The molecule has 0 saturated carbocycles. The number of rotatable bonds is 5. The Morgan fingerprint density at radius 1 is 1.38 bits per heavy atom. The molecule has 1 N–H and O–H groups in total. The fourth-order valence-electron chi connectivity index (χ4n) is 2.51. The van der Waals surface area contributed by atoms with E-state index in [4.69, 9.17) is 5.11 Å². The molecule has 1 saturated heterocycles. The summed E-state index contributed by atoms with van der Waals surface area (Å²) in [4.78, 5) is 13.4. The molecule has 0 aromatic carbocycles. The van der Waals surface area contributed by atoms with Gasteiger partial charge in [0.2, 0.25) is 0 Å². The van der Waals surface area contributed by atoms with Crippen LogP contribution in [0.25, 0.3) is 0 Å². The summed E-state index contributed by atoms with van der Waals surface area (Å²) >= 11 is 0. The van der Waals surface area contributed by atoms with Gasteiger partial charge in [-0.3, -0.25) is 9.69 Å². The number of carboxylic acid groups (broad SMARTS) is 1. The molecular formula is C13H25NO2. The molecule has 0 spiro atoms. The molecular weight excluding hydrogens is 202 g/mol. The summed E-state index contributed by atoms with van der Waals surface area (Å²) in [7, 11) is 0. The predicted molar refractivity (Wildman–Crippen MR) is 65.5 cm³/mol. The molecule has 2 unspecified atom stereocenters. The number of carboxylic acids is 1. The van der Waals surface area contributed by atoms with Crippen molar-refractivity contribution in [2.75, 3.05) is 13.1 Å². The lowest BCUT2D eigenvalue weighted by atomic mass is 9.91. The van der Waals surface area contributed by atoms with E-state index in [9.17, 15) is 4.79 Å². The lowest BCUT2D eigenvalue weighted by Crippen LogP contribution is -2.46. The summed E-state index contributed by atoms with van der Waals surface area (Å²) in [5, 5.41) is 9.06. The molecule has 0 aromatic rings. The number of hydrogen-bond donors (Lipinski definition) is 1. The van der Waals surface area contributed by atoms with Gasteiger partial charge in [-0.1, -0.05) is 26.7 Å². The highest BCUT2D eigenvalue weighted by molar-refractivity contribution is 5.70. The van der Waals surface area contributed by atoms with Gasteiger partial charge in [0.25, 0.3) is 0 Å². The zero-order chi connectivity index (χ0) is 12.1. The molecule has 94 valence electrons. The van der Waals surface area contributed by atoms with Crippen LogP contribution < -0.4 is 0 Å². The van der Waals surface area contributed by atoms with Gasteiger partial charge in [-0.2, -0.15) is 0 Å². The van der Waals surface area contributed by atoms with Crippen LogP contribution in [0.2, 0.25) is 0 Å². The van der Waals surface area contributed by atoms with E-state index in [0.717, 1.165) is 31.8 Å². The van der Waals surface area contributed by atoms with Crippen molar-refractivity contribution in [2.24, 2.45) is 11.8 Å². The van der Waals surface area contributed by atoms with E-state index in [1.165, 1.54) is 12.8 Å². The zero-order valence-electron chi connectivity index (χ0n) is 10.8. The number of hydrogen-bond acceptors (Lipinski definition) is 2. The van der Waals surface area contributed by atoms with Crippen molar-refractivity contribution in [1.82, 2.24) is 4.90 Å².